The Morgan fingerprint density at radius 3 is 2.37 bits per heavy atom. The van der Waals surface area contributed by atoms with E-state index in [2.05, 4.69) is 42.6 Å². The monoisotopic (exact) mass is 255 g/mol. The van der Waals surface area contributed by atoms with Gasteiger partial charge in [0.05, 0.1) is 0 Å². The molecule has 2 aromatic carbocycles. The molecular weight excluding hydrogens is 238 g/mol. The first kappa shape index (κ1) is 12.1. The van der Waals surface area contributed by atoms with Crippen LogP contribution in [0.25, 0.3) is 11.1 Å². The Labute approximate surface area is 113 Å². The van der Waals surface area contributed by atoms with Gasteiger partial charge in [-0.2, -0.15) is 0 Å². The summed E-state index contributed by atoms with van der Waals surface area (Å²) in [5.74, 6) is 1.65. The molecule has 0 saturated carbocycles. The molecule has 1 heterocycles. The third kappa shape index (κ3) is 2.29. The average Bonchev–Trinajstić information content (AvgIpc) is 2.94. The molecule has 0 radical (unpaired) electrons. The van der Waals surface area contributed by atoms with E-state index in [0.717, 1.165) is 17.1 Å². The van der Waals surface area contributed by atoms with E-state index in [1.54, 1.807) is 0 Å². The van der Waals surface area contributed by atoms with Gasteiger partial charge in [0, 0.05) is 6.04 Å². The zero-order valence-electron chi connectivity index (χ0n) is 11.1. The molecule has 3 nitrogen and oxygen atoms in total. The lowest BCUT2D eigenvalue weighted by molar-refractivity contribution is 0.174. The van der Waals surface area contributed by atoms with Crippen LogP contribution in [0.1, 0.15) is 18.5 Å². The fourth-order valence-electron chi connectivity index (χ4n) is 2.21. The lowest BCUT2D eigenvalue weighted by Crippen LogP contribution is -2.11. The predicted octanol–water partition coefficient (Wildman–Crippen LogP) is 3.36. The molecule has 1 aliphatic rings. The Balaban J connectivity index is 1.90. The molecule has 3 heteroatoms. The van der Waals surface area contributed by atoms with Crippen molar-refractivity contribution in [1.29, 1.82) is 0 Å². The van der Waals surface area contributed by atoms with Gasteiger partial charge in [0.1, 0.15) is 0 Å². The number of hydrogen-bond acceptors (Lipinski definition) is 3. The van der Waals surface area contributed by atoms with Gasteiger partial charge in [0.25, 0.3) is 0 Å². The fourth-order valence-corrected chi connectivity index (χ4v) is 2.21. The second kappa shape index (κ2) is 4.94. The highest BCUT2D eigenvalue weighted by atomic mass is 16.7. The van der Waals surface area contributed by atoms with Crippen molar-refractivity contribution in [3.05, 3.63) is 48.0 Å². The zero-order chi connectivity index (χ0) is 13.2. The first-order valence-electron chi connectivity index (χ1n) is 6.45. The van der Waals surface area contributed by atoms with Crippen LogP contribution < -0.4 is 14.8 Å². The number of nitrogens with one attached hydrogen (secondary N) is 1. The van der Waals surface area contributed by atoms with E-state index in [1.165, 1.54) is 11.1 Å². The van der Waals surface area contributed by atoms with E-state index in [4.69, 9.17) is 9.47 Å². The van der Waals surface area contributed by atoms with Crippen LogP contribution in [0.2, 0.25) is 0 Å². The van der Waals surface area contributed by atoms with Crippen LogP contribution in [0.5, 0.6) is 11.5 Å². The molecular formula is C16H17NO2. The van der Waals surface area contributed by atoms with Gasteiger partial charge in [-0.3, -0.25) is 0 Å². The summed E-state index contributed by atoms with van der Waals surface area (Å²) < 4.78 is 10.7. The lowest BCUT2D eigenvalue weighted by atomic mass is 10.0. The highest BCUT2D eigenvalue weighted by Gasteiger charge is 2.13. The minimum absolute atomic E-state index is 0.317. The summed E-state index contributed by atoms with van der Waals surface area (Å²) in [6.07, 6.45) is 0. The summed E-state index contributed by atoms with van der Waals surface area (Å²) in [5.41, 5.74) is 3.62. The van der Waals surface area contributed by atoms with Crippen LogP contribution in [0, 0.1) is 0 Å². The van der Waals surface area contributed by atoms with Crippen molar-refractivity contribution in [3.63, 3.8) is 0 Å². The number of benzene rings is 2. The normalized spacial score (nSPS) is 14.4. The van der Waals surface area contributed by atoms with Crippen molar-refractivity contribution in [2.24, 2.45) is 0 Å². The number of hydrogen-bond donors (Lipinski definition) is 1. The molecule has 0 aromatic heterocycles. The van der Waals surface area contributed by atoms with Gasteiger partial charge < -0.3 is 14.8 Å². The maximum Gasteiger partial charge on any atom is 0.231 e. The van der Waals surface area contributed by atoms with E-state index in [9.17, 15) is 0 Å². The van der Waals surface area contributed by atoms with E-state index in [1.807, 2.05) is 19.2 Å². The molecule has 19 heavy (non-hydrogen) atoms. The van der Waals surface area contributed by atoms with Crippen LogP contribution in [0.3, 0.4) is 0 Å². The van der Waals surface area contributed by atoms with E-state index >= 15 is 0 Å². The quantitative estimate of drug-likeness (QED) is 0.912. The fraction of sp³-hybridized carbons (Fsp3) is 0.250. The van der Waals surface area contributed by atoms with Gasteiger partial charge in [0.15, 0.2) is 11.5 Å². The summed E-state index contributed by atoms with van der Waals surface area (Å²) in [4.78, 5) is 0. The molecule has 98 valence electrons. The molecule has 0 fully saturated rings. The van der Waals surface area contributed by atoms with Crippen molar-refractivity contribution in [1.82, 2.24) is 5.32 Å². The number of rotatable bonds is 3. The molecule has 3 rings (SSSR count). The molecule has 0 amide bonds. The van der Waals surface area contributed by atoms with Crippen molar-refractivity contribution >= 4 is 0 Å². The number of ether oxygens (including phenoxy) is 2. The molecule has 1 unspecified atom stereocenters. The van der Waals surface area contributed by atoms with Crippen LogP contribution >= 0.6 is 0 Å². The predicted molar refractivity (Wildman–Crippen MR) is 75.5 cm³/mol. The van der Waals surface area contributed by atoms with Crippen LogP contribution in [-0.2, 0) is 0 Å². The van der Waals surface area contributed by atoms with Crippen LogP contribution in [0.4, 0.5) is 0 Å². The maximum absolute atomic E-state index is 5.41. The van der Waals surface area contributed by atoms with Crippen LogP contribution in [0.15, 0.2) is 42.5 Å². The number of fused-ring (bicyclic) bond motifs is 1. The van der Waals surface area contributed by atoms with Gasteiger partial charge >= 0.3 is 0 Å². The van der Waals surface area contributed by atoms with Crippen molar-refractivity contribution < 1.29 is 9.47 Å². The smallest absolute Gasteiger partial charge is 0.231 e. The van der Waals surface area contributed by atoms with Gasteiger partial charge in [-0.1, -0.05) is 30.3 Å². The molecule has 0 aliphatic carbocycles. The molecule has 1 atom stereocenters. The summed E-state index contributed by atoms with van der Waals surface area (Å²) in [5, 5.41) is 3.24. The highest BCUT2D eigenvalue weighted by Crippen LogP contribution is 2.36. The summed E-state index contributed by atoms with van der Waals surface area (Å²) in [7, 11) is 1.97. The first-order valence-corrected chi connectivity index (χ1v) is 6.45. The van der Waals surface area contributed by atoms with Crippen molar-refractivity contribution in [3.8, 4) is 22.6 Å². The average molecular weight is 255 g/mol. The Kier molecular flexibility index (Phi) is 3.13. The highest BCUT2D eigenvalue weighted by molar-refractivity contribution is 5.67. The second-order valence-corrected chi connectivity index (χ2v) is 4.70. The third-order valence-electron chi connectivity index (χ3n) is 3.55. The summed E-state index contributed by atoms with van der Waals surface area (Å²) in [6, 6.07) is 15.0. The maximum atomic E-state index is 5.41. The molecule has 0 saturated heterocycles. The standard InChI is InChI=1S/C16H17NO2/c1-11(17-2)12-3-5-13(6-4-12)14-7-8-15-16(9-14)19-10-18-15/h3-9,11,17H,10H2,1-2H3. The molecule has 1 aliphatic heterocycles. The minimum atomic E-state index is 0.317. The Morgan fingerprint density at radius 1 is 0.947 bits per heavy atom. The van der Waals surface area contributed by atoms with E-state index in [0.29, 0.717) is 12.8 Å². The Bertz CT molecular complexity index is 578. The van der Waals surface area contributed by atoms with Crippen molar-refractivity contribution in [2.45, 2.75) is 13.0 Å². The van der Waals surface area contributed by atoms with E-state index < -0.39 is 0 Å². The molecule has 1 N–H and O–H groups in total. The first-order chi connectivity index (χ1) is 9.28. The third-order valence-corrected chi connectivity index (χ3v) is 3.55. The van der Waals surface area contributed by atoms with Gasteiger partial charge in [-0.25, -0.2) is 0 Å². The summed E-state index contributed by atoms with van der Waals surface area (Å²) >= 11 is 0. The van der Waals surface area contributed by atoms with Gasteiger partial charge in [-0.05, 0) is 42.8 Å². The van der Waals surface area contributed by atoms with Gasteiger partial charge in [-0.15, -0.1) is 0 Å². The van der Waals surface area contributed by atoms with Crippen molar-refractivity contribution in [2.75, 3.05) is 13.8 Å². The SMILES string of the molecule is CNC(C)c1ccc(-c2ccc3c(c2)OCO3)cc1. The zero-order valence-corrected chi connectivity index (χ0v) is 11.1. The topological polar surface area (TPSA) is 30.5 Å². The Morgan fingerprint density at radius 2 is 1.63 bits per heavy atom. The second-order valence-electron chi connectivity index (χ2n) is 4.70. The molecule has 0 spiro atoms. The molecule has 2 aromatic rings. The summed E-state index contributed by atoms with van der Waals surface area (Å²) in [6.45, 7) is 2.47. The van der Waals surface area contributed by atoms with Gasteiger partial charge in [0.2, 0.25) is 6.79 Å². The van der Waals surface area contributed by atoms with Crippen LogP contribution in [-0.4, -0.2) is 13.8 Å². The molecule has 0 bridgehead atoms. The Hall–Kier alpha value is -2.00. The lowest BCUT2D eigenvalue weighted by Gasteiger charge is -2.11. The largest absolute Gasteiger partial charge is 0.454 e. The van der Waals surface area contributed by atoms with E-state index in [-0.39, 0.29) is 0 Å². The minimum Gasteiger partial charge on any atom is -0.454 e.